The van der Waals surface area contributed by atoms with Crippen molar-refractivity contribution in [2.75, 3.05) is 34.3 Å². The molecule has 1 spiro atoms. The van der Waals surface area contributed by atoms with E-state index in [1.807, 2.05) is 34.2 Å². The average molecular weight is 817 g/mol. The molecule has 16 heteroatoms. The van der Waals surface area contributed by atoms with Crippen molar-refractivity contribution >= 4 is 26.8 Å². The number of nitrogens with two attached hydrogens (primary N) is 1. The van der Waals surface area contributed by atoms with Crippen LogP contribution < -0.4 is 41.0 Å². The van der Waals surface area contributed by atoms with Gasteiger partial charge < -0.3 is 47.8 Å². The minimum absolute atomic E-state index is 0. The first-order valence-electron chi connectivity index (χ1n) is 15.6. The summed E-state index contributed by atoms with van der Waals surface area (Å²) in [4.78, 5) is 27.4. The molecule has 2 aliphatic rings. The van der Waals surface area contributed by atoms with Crippen molar-refractivity contribution in [3.8, 4) is 0 Å². The number of aromatic nitrogens is 2. The van der Waals surface area contributed by atoms with E-state index in [0.29, 0.717) is 16.5 Å². The Morgan fingerprint density at radius 1 is 1.02 bits per heavy atom. The molecule has 46 heavy (non-hydrogen) atoms. The standard InChI is InChI=1S/C30H57N4O8SSi2.HI/c1-21-18-33(27(36)32(25(21)35)16-15-17-34(8,9)10)26-24(41-45(13,14)29(5,6)7)30(22(31)20-43(37,38)42-30)23(40-26)19-39-44(11,12)28(2,3)4;/h18,20,23-24,26H,15-17,19,31H2,1-14H3;1H/q+1;/p-1/t23-,24+,26-,30?;/m1./s1. The van der Waals surface area contributed by atoms with Crippen LogP contribution in [0.4, 0.5) is 0 Å². The van der Waals surface area contributed by atoms with E-state index >= 15 is 0 Å². The number of quaternary nitrogens is 1. The molecule has 1 aromatic rings. The molecule has 2 N–H and O–H groups in total. The zero-order valence-electron chi connectivity index (χ0n) is 30.2. The van der Waals surface area contributed by atoms with Gasteiger partial charge in [-0.3, -0.25) is 13.9 Å². The maximum absolute atomic E-state index is 14.1. The maximum atomic E-state index is 14.1. The summed E-state index contributed by atoms with van der Waals surface area (Å²) >= 11 is 0. The molecule has 0 radical (unpaired) electrons. The Kier molecular flexibility index (Phi) is 12.1. The molecule has 266 valence electrons. The molecule has 1 unspecified atom stereocenters. The summed E-state index contributed by atoms with van der Waals surface area (Å²) in [5, 5.41) is 0.462. The number of rotatable bonds is 10. The highest BCUT2D eigenvalue weighted by molar-refractivity contribution is 7.90. The fourth-order valence-electron chi connectivity index (χ4n) is 5.05. The zero-order valence-corrected chi connectivity index (χ0v) is 35.2. The number of aryl methyl sites for hydroxylation is 1. The van der Waals surface area contributed by atoms with Crippen LogP contribution in [0, 0.1) is 6.92 Å². The van der Waals surface area contributed by atoms with Crippen molar-refractivity contribution in [3.63, 3.8) is 0 Å². The molecule has 0 amide bonds. The third-order valence-corrected chi connectivity index (χ3v) is 19.9. The zero-order chi connectivity index (χ0) is 34.8. The maximum Gasteiger partial charge on any atom is 0.333 e. The molecular formula is C30H57IN4O8SSi2. The van der Waals surface area contributed by atoms with Gasteiger partial charge in [0.15, 0.2) is 28.5 Å². The lowest BCUT2D eigenvalue weighted by atomic mass is 9.89. The molecule has 1 fully saturated rings. The molecule has 2 aliphatic heterocycles. The van der Waals surface area contributed by atoms with Crippen molar-refractivity contribution in [2.45, 2.75) is 122 Å². The van der Waals surface area contributed by atoms with Crippen molar-refractivity contribution in [2.24, 2.45) is 5.73 Å². The molecule has 12 nitrogen and oxygen atoms in total. The summed E-state index contributed by atoms with van der Waals surface area (Å²) in [6, 6.07) is 0. The average Bonchev–Trinajstić information content (AvgIpc) is 3.26. The van der Waals surface area contributed by atoms with E-state index in [-0.39, 0.29) is 58.5 Å². The third-order valence-electron chi connectivity index (χ3n) is 9.92. The summed E-state index contributed by atoms with van der Waals surface area (Å²) in [6.07, 6.45) is -1.28. The van der Waals surface area contributed by atoms with Crippen molar-refractivity contribution < 1.29 is 54.6 Å². The van der Waals surface area contributed by atoms with Crippen LogP contribution in [0.5, 0.6) is 0 Å². The van der Waals surface area contributed by atoms with Crippen LogP contribution >= 0.6 is 0 Å². The van der Waals surface area contributed by atoms with Gasteiger partial charge >= 0.3 is 5.69 Å². The second-order valence-electron chi connectivity index (χ2n) is 16.7. The van der Waals surface area contributed by atoms with E-state index in [1.165, 1.54) is 15.3 Å². The molecule has 1 aromatic heterocycles. The predicted molar refractivity (Wildman–Crippen MR) is 181 cm³/mol. The highest BCUT2D eigenvalue weighted by Gasteiger charge is 2.67. The quantitative estimate of drug-likeness (QED) is 0.156. The molecule has 0 aliphatic carbocycles. The van der Waals surface area contributed by atoms with Gasteiger partial charge in [-0.2, -0.15) is 8.42 Å². The highest BCUT2D eigenvalue weighted by atomic mass is 127. The van der Waals surface area contributed by atoms with Crippen molar-refractivity contribution in [1.82, 2.24) is 9.13 Å². The Labute approximate surface area is 294 Å². The molecule has 0 bridgehead atoms. The molecule has 1 saturated heterocycles. The van der Waals surface area contributed by atoms with Crippen LogP contribution in [0.3, 0.4) is 0 Å². The summed E-state index contributed by atoms with van der Waals surface area (Å²) in [5.74, 6) is 0. The third kappa shape index (κ3) is 8.29. The monoisotopic (exact) mass is 816 g/mol. The second-order valence-corrected chi connectivity index (χ2v) is 27.6. The van der Waals surface area contributed by atoms with Crippen molar-refractivity contribution in [1.29, 1.82) is 0 Å². The Balaban J connectivity index is 0.00000736. The van der Waals surface area contributed by atoms with Gasteiger partial charge in [0.05, 0.1) is 45.4 Å². The first-order valence-corrected chi connectivity index (χ1v) is 22.9. The summed E-state index contributed by atoms with van der Waals surface area (Å²) in [5.41, 5.74) is 4.09. The van der Waals surface area contributed by atoms with E-state index < -0.39 is 56.5 Å². The van der Waals surface area contributed by atoms with Crippen LogP contribution in [0.2, 0.25) is 36.3 Å². The van der Waals surface area contributed by atoms with Gasteiger partial charge in [0.1, 0.15) is 12.2 Å². The van der Waals surface area contributed by atoms with Gasteiger partial charge in [0.2, 0.25) is 0 Å². The molecule has 0 aromatic carbocycles. The second kappa shape index (κ2) is 13.5. The highest BCUT2D eigenvalue weighted by Crippen LogP contribution is 2.52. The predicted octanol–water partition coefficient (Wildman–Crippen LogP) is 0.627. The number of nitrogens with zero attached hydrogens (tertiary/aromatic N) is 3. The first-order chi connectivity index (χ1) is 20.1. The van der Waals surface area contributed by atoms with Crippen molar-refractivity contribution in [3.05, 3.63) is 43.7 Å². The lowest BCUT2D eigenvalue weighted by Crippen LogP contribution is -3.00. The SMILES string of the molecule is Cc1cn([C@@H]2O[C@H](CO[Si](C)(C)C(C)(C)C)C3(OS(=O)(=O)C=C3N)[C@H]2O[Si](C)(C)C(C)(C)C)c(=O)n(CCC[N+](C)(C)C)c1=O.[I-]. The van der Waals surface area contributed by atoms with Crippen LogP contribution in [-0.4, -0.2) is 90.8 Å². The summed E-state index contributed by atoms with van der Waals surface area (Å²) in [7, 11) is -3.11. The number of halogens is 1. The molecule has 4 atom stereocenters. The van der Waals surface area contributed by atoms with Crippen LogP contribution in [-0.2, 0) is 34.4 Å². The Hall–Kier alpha value is -0.866. The lowest BCUT2D eigenvalue weighted by Gasteiger charge is -2.43. The summed E-state index contributed by atoms with van der Waals surface area (Å²) in [6.45, 7) is 23.3. The Morgan fingerprint density at radius 2 is 1.57 bits per heavy atom. The fourth-order valence-corrected chi connectivity index (χ4v) is 8.56. The minimum Gasteiger partial charge on any atom is -1.00 e. The Morgan fingerprint density at radius 3 is 2.02 bits per heavy atom. The van der Waals surface area contributed by atoms with Crippen LogP contribution in [0.1, 0.15) is 59.8 Å². The largest absolute Gasteiger partial charge is 1.00 e. The van der Waals surface area contributed by atoms with E-state index in [0.717, 1.165) is 12.0 Å². The first kappa shape index (κ1) is 41.3. The fraction of sp³-hybridized carbons (Fsp3) is 0.800. The van der Waals surface area contributed by atoms with E-state index in [9.17, 15) is 18.0 Å². The van der Waals surface area contributed by atoms with Gasteiger partial charge in [0.25, 0.3) is 15.7 Å². The smallest absolute Gasteiger partial charge is 0.333 e. The molecule has 3 rings (SSSR count). The number of ether oxygens (including phenoxy) is 1. The van der Waals surface area contributed by atoms with Gasteiger partial charge in [-0.1, -0.05) is 41.5 Å². The molecule has 0 saturated carbocycles. The lowest BCUT2D eigenvalue weighted by molar-refractivity contribution is -0.870. The van der Waals surface area contributed by atoms with Gasteiger partial charge in [-0.15, -0.1) is 0 Å². The van der Waals surface area contributed by atoms with E-state index in [4.69, 9.17) is 23.5 Å². The number of hydrogen-bond acceptors (Lipinski definition) is 9. The molecular weight excluding hydrogens is 759 g/mol. The van der Waals surface area contributed by atoms with Gasteiger partial charge in [-0.05, 0) is 43.2 Å². The Bertz CT molecular complexity index is 1540. The van der Waals surface area contributed by atoms with E-state index in [2.05, 4.69) is 54.6 Å². The van der Waals surface area contributed by atoms with E-state index in [1.54, 1.807) is 6.92 Å². The van der Waals surface area contributed by atoms with Gasteiger partial charge in [0, 0.05) is 24.7 Å². The van der Waals surface area contributed by atoms with Gasteiger partial charge in [-0.25, -0.2) is 8.98 Å². The van der Waals surface area contributed by atoms with Crippen LogP contribution in [0.25, 0.3) is 0 Å². The topological polar surface area (TPSA) is 141 Å². The summed E-state index contributed by atoms with van der Waals surface area (Å²) < 4.78 is 55.4. The minimum atomic E-state index is -4.21. The van der Waals surface area contributed by atoms with Crippen LogP contribution in [0.15, 0.2) is 26.9 Å². The normalized spacial score (nSPS) is 25.5. The molecule has 3 heterocycles. The number of hydrogen-bond donors (Lipinski definition) is 1.